The Balaban J connectivity index is 1.54. The van der Waals surface area contributed by atoms with Gasteiger partial charge in [0, 0.05) is 38.0 Å². The zero-order chi connectivity index (χ0) is 30.4. The highest BCUT2D eigenvalue weighted by Gasteiger charge is 2.45. The zero-order valence-electron chi connectivity index (χ0n) is 24.3. The van der Waals surface area contributed by atoms with Crippen molar-refractivity contribution in [3.05, 3.63) is 63.6 Å². The van der Waals surface area contributed by atoms with Crippen molar-refractivity contribution in [1.29, 1.82) is 0 Å². The van der Waals surface area contributed by atoms with Crippen molar-refractivity contribution in [2.75, 3.05) is 13.1 Å². The molecular weight excluding hydrogens is 577 g/mol. The molecule has 228 valence electrons. The number of Topliss-reactive ketones (excluding diaryl/α,β-unsaturated/α-hetero) is 1. The number of ether oxygens (including phenoxy) is 1. The highest BCUT2D eigenvalue weighted by molar-refractivity contribution is 6.43. The number of ketones is 1. The summed E-state index contributed by atoms with van der Waals surface area (Å²) in [6.45, 7) is 4.78. The molecule has 10 heteroatoms. The summed E-state index contributed by atoms with van der Waals surface area (Å²) in [5.74, 6) is -0.871. The van der Waals surface area contributed by atoms with E-state index in [1.54, 1.807) is 17.0 Å². The number of nitrogens with zero attached hydrogens (tertiary/aromatic N) is 2. The van der Waals surface area contributed by atoms with Crippen LogP contribution in [0.25, 0.3) is 0 Å². The number of aryl methyl sites for hydroxylation is 2. The van der Waals surface area contributed by atoms with Crippen molar-refractivity contribution in [2.45, 2.75) is 95.5 Å². The molecule has 0 bridgehead atoms. The van der Waals surface area contributed by atoms with E-state index in [4.69, 9.17) is 33.7 Å². The van der Waals surface area contributed by atoms with Crippen LogP contribution in [0.3, 0.4) is 0 Å². The zero-order valence-corrected chi connectivity index (χ0v) is 25.8. The Morgan fingerprint density at radius 2 is 1.83 bits per heavy atom. The highest BCUT2D eigenvalue weighted by Crippen LogP contribution is 2.37. The molecule has 1 unspecified atom stereocenters. The maximum atomic E-state index is 14.0. The van der Waals surface area contributed by atoms with Gasteiger partial charge in [0.05, 0.1) is 23.2 Å². The maximum Gasteiger partial charge on any atom is 0.303 e. The normalized spacial score (nSPS) is 21.7. The number of hydrogen-bond donors (Lipinski definition) is 2. The molecule has 3 N–H and O–H groups in total. The van der Waals surface area contributed by atoms with Gasteiger partial charge in [-0.25, -0.2) is 0 Å². The number of halogens is 2. The minimum atomic E-state index is -1.00. The molecular formula is C32H41Cl2N3O5. The fraction of sp³-hybridized carbons (Fsp3) is 0.531. The molecule has 0 aliphatic carbocycles. The number of carboxylic acids is 1. The number of fused-ring (bicyclic) bond motifs is 1. The lowest BCUT2D eigenvalue weighted by atomic mass is 9.97. The van der Waals surface area contributed by atoms with Crippen LogP contribution in [0, 0.1) is 0 Å². The lowest BCUT2D eigenvalue weighted by molar-refractivity contribution is -0.144. The van der Waals surface area contributed by atoms with Crippen molar-refractivity contribution < 1.29 is 24.2 Å². The molecule has 0 aromatic heterocycles. The Morgan fingerprint density at radius 3 is 2.52 bits per heavy atom. The van der Waals surface area contributed by atoms with Gasteiger partial charge in [-0.05, 0) is 69.6 Å². The predicted octanol–water partition coefficient (Wildman–Crippen LogP) is 5.15. The van der Waals surface area contributed by atoms with Gasteiger partial charge < -0.3 is 20.5 Å². The number of nitrogens with two attached hydrogens (primary N) is 1. The number of benzene rings is 2. The van der Waals surface area contributed by atoms with Crippen molar-refractivity contribution in [3.8, 4) is 5.75 Å². The molecule has 2 fully saturated rings. The summed E-state index contributed by atoms with van der Waals surface area (Å²) in [6, 6.07) is 12.5. The monoisotopic (exact) mass is 617 g/mol. The van der Waals surface area contributed by atoms with E-state index in [-0.39, 0.29) is 49.1 Å². The Morgan fingerprint density at radius 1 is 1.10 bits per heavy atom. The molecule has 0 spiro atoms. The maximum absolute atomic E-state index is 14.0. The van der Waals surface area contributed by atoms with E-state index in [0.717, 1.165) is 18.4 Å². The first-order valence-electron chi connectivity index (χ1n) is 14.8. The van der Waals surface area contributed by atoms with Crippen molar-refractivity contribution >= 4 is 40.9 Å². The Kier molecular flexibility index (Phi) is 11.3. The molecule has 8 nitrogen and oxygen atoms in total. The molecule has 2 saturated heterocycles. The van der Waals surface area contributed by atoms with E-state index in [0.29, 0.717) is 48.1 Å². The van der Waals surface area contributed by atoms with Gasteiger partial charge in [0.2, 0.25) is 5.91 Å². The summed E-state index contributed by atoms with van der Waals surface area (Å²) >= 11 is 12.6. The van der Waals surface area contributed by atoms with E-state index in [2.05, 4.69) is 17.0 Å². The molecule has 2 aromatic carbocycles. The number of carboxylic acid groups (broad SMARTS) is 1. The van der Waals surface area contributed by atoms with Crippen LogP contribution in [-0.2, 0) is 27.2 Å². The largest absolute Gasteiger partial charge is 0.489 e. The second-order valence-corrected chi connectivity index (χ2v) is 12.4. The van der Waals surface area contributed by atoms with Crippen LogP contribution in [0.1, 0.15) is 63.5 Å². The molecule has 2 aliphatic heterocycles. The fourth-order valence-corrected chi connectivity index (χ4v) is 6.58. The summed E-state index contributed by atoms with van der Waals surface area (Å²) in [7, 11) is 0. The quantitative estimate of drug-likeness (QED) is 0.319. The van der Waals surface area contributed by atoms with Crippen LogP contribution in [0.4, 0.5) is 0 Å². The third-order valence-corrected chi connectivity index (χ3v) is 9.01. The lowest BCUT2D eigenvalue weighted by Crippen LogP contribution is -2.50. The number of amides is 1. The minimum Gasteiger partial charge on any atom is -0.489 e. The second-order valence-electron chi connectivity index (χ2n) is 11.6. The second kappa shape index (κ2) is 14.7. The molecule has 2 aliphatic rings. The smallest absolute Gasteiger partial charge is 0.303 e. The first kappa shape index (κ1) is 32.3. The molecule has 0 saturated carbocycles. The van der Waals surface area contributed by atoms with Crippen molar-refractivity contribution in [1.82, 2.24) is 9.80 Å². The average Bonchev–Trinajstić information content (AvgIpc) is 3.29. The molecule has 42 heavy (non-hydrogen) atoms. The molecule has 1 amide bonds. The van der Waals surface area contributed by atoms with Crippen LogP contribution >= 0.6 is 23.2 Å². The Bertz CT molecular complexity index is 1260. The summed E-state index contributed by atoms with van der Waals surface area (Å²) in [4.78, 5) is 43.2. The molecule has 4 atom stereocenters. The number of carbonyl (C=O) groups is 3. The van der Waals surface area contributed by atoms with Crippen molar-refractivity contribution in [3.63, 3.8) is 0 Å². The molecule has 4 rings (SSSR count). The third-order valence-electron chi connectivity index (χ3n) is 8.23. The van der Waals surface area contributed by atoms with Gasteiger partial charge in [0.1, 0.15) is 10.8 Å². The number of rotatable bonds is 13. The van der Waals surface area contributed by atoms with Crippen molar-refractivity contribution in [2.24, 2.45) is 5.73 Å². The van der Waals surface area contributed by atoms with E-state index >= 15 is 0 Å². The SMILES string of the molecule is CC(C)Oc1c(CCC(=O)[C@@H](CCC(=O)O)N2CCC(CCc3ccccc3)N3C[C@H](N)C[C@H]3C2=O)ccc(Cl)c1Cl. The summed E-state index contributed by atoms with van der Waals surface area (Å²) in [5, 5.41) is 10.1. The van der Waals surface area contributed by atoms with Crippen LogP contribution in [0.15, 0.2) is 42.5 Å². The Labute approximate surface area is 258 Å². The molecule has 2 heterocycles. The highest BCUT2D eigenvalue weighted by atomic mass is 35.5. The predicted molar refractivity (Wildman–Crippen MR) is 164 cm³/mol. The number of carbonyl (C=O) groups excluding carboxylic acids is 2. The standard InChI is InChI=1S/C32H41Cl2N3O5/c1-20(2)42-31-22(9-12-25(33)30(31)34)10-14-28(38)26(13-15-29(39)40)36-17-16-24(11-8-21-6-4-3-5-7-21)37-19-23(35)18-27(37)32(36)41/h3-7,9,12,20,23-24,26-27H,8,10-11,13-19,35H2,1-2H3,(H,39,40)/t23-,24?,26-,27+/m1/s1. The van der Waals surface area contributed by atoms with Gasteiger partial charge in [-0.2, -0.15) is 0 Å². The molecule has 2 aromatic rings. The van der Waals surface area contributed by atoms with Crippen LogP contribution < -0.4 is 10.5 Å². The van der Waals surface area contributed by atoms with Gasteiger partial charge in [0.15, 0.2) is 5.78 Å². The van der Waals surface area contributed by atoms with Crippen LogP contribution in [0.2, 0.25) is 10.0 Å². The first-order valence-corrected chi connectivity index (χ1v) is 15.5. The van der Waals surface area contributed by atoms with Gasteiger partial charge in [-0.15, -0.1) is 0 Å². The Hall–Kier alpha value is -2.65. The van der Waals surface area contributed by atoms with E-state index < -0.39 is 18.1 Å². The number of aliphatic carboxylic acids is 1. The van der Waals surface area contributed by atoms with E-state index in [1.807, 2.05) is 32.0 Å². The summed E-state index contributed by atoms with van der Waals surface area (Å²) in [6.07, 6.45) is 3.10. The fourth-order valence-electron chi connectivity index (χ4n) is 6.20. The van der Waals surface area contributed by atoms with Crippen LogP contribution in [0.5, 0.6) is 5.75 Å². The van der Waals surface area contributed by atoms with Gasteiger partial charge >= 0.3 is 5.97 Å². The van der Waals surface area contributed by atoms with Gasteiger partial charge in [-0.3, -0.25) is 19.3 Å². The average molecular weight is 619 g/mol. The van der Waals surface area contributed by atoms with Gasteiger partial charge in [0.25, 0.3) is 0 Å². The summed E-state index contributed by atoms with van der Waals surface area (Å²) in [5.41, 5.74) is 8.33. The first-order chi connectivity index (χ1) is 20.0. The van der Waals surface area contributed by atoms with E-state index in [9.17, 15) is 19.5 Å². The van der Waals surface area contributed by atoms with Gasteiger partial charge in [-0.1, -0.05) is 59.6 Å². The third kappa shape index (κ3) is 8.04. The van der Waals surface area contributed by atoms with Crippen LogP contribution in [-0.4, -0.2) is 75.9 Å². The number of hydrogen-bond acceptors (Lipinski definition) is 6. The molecule has 0 radical (unpaired) electrons. The minimum absolute atomic E-state index is 0.0596. The van der Waals surface area contributed by atoms with E-state index in [1.165, 1.54) is 5.56 Å². The topological polar surface area (TPSA) is 113 Å². The lowest BCUT2D eigenvalue weighted by Gasteiger charge is -2.32. The summed E-state index contributed by atoms with van der Waals surface area (Å²) < 4.78 is 5.92.